The Hall–Kier alpha value is -4.44. The molecule has 1 aromatic heterocycles. The van der Waals surface area contributed by atoms with E-state index in [-0.39, 0.29) is 56.0 Å². The molecule has 3 aromatic carbocycles. The Bertz CT molecular complexity index is 1810. The monoisotopic (exact) mass is 685 g/mol. The number of hydrogen-bond donors (Lipinski definition) is 5. The molecule has 0 saturated carbocycles. The number of rotatable bonds is 9. The van der Waals surface area contributed by atoms with E-state index in [4.69, 9.17) is 10.3 Å². The number of anilines is 1. The summed E-state index contributed by atoms with van der Waals surface area (Å²) in [6, 6.07) is 16.0. The van der Waals surface area contributed by atoms with Gasteiger partial charge < -0.3 is 11.1 Å². The molecular formula is C30H33FN7O7PS. The van der Waals surface area contributed by atoms with Crippen molar-refractivity contribution >= 4 is 52.7 Å². The fourth-order valence-corrected chi connectivity index (χ4v) is 7.13. The first-order valence-corrected chi connectivity index (χ1v) is 17.1. The fraction of sp³-hybridized carbons (Fsp3) is 0.267. The first-order chi connectivity index (χ1) is 22.4. The van der Waals surface area contributed by atoms with E-state index >= 15 is 0 Å². The molecule has 6 rings (SSSR count). The quantitative estimate of drug-likeness (QED) is 0.163. The number of nitrogens with one attached hydrogen (secondary N) is 1. The maximum absolute atomic E-state index is 14.1. The van der Waals surface area contributed by atoms with Crippen LogP contribution in [-0.2, 0) is 29.1 Å². The van der Waals surface area contributed by atoms with Gasteiger partial charge in [0.05, 0.1) is 4.70 Å². The van der Waals surface area contributed by atoms with Gasteiger partial charge in [0, 0.05) is 6.54 Å². The topological polar surface area (TPSA) is 185 Å². The van der Waals surface area contributed by atoms with Crippen LogP contribution in [0.1, 0.15) is 16.7 Å². The van der Waals surface area contributed by atoms with Gasteiger partial charge in [-0.15, -0.1) is 0 Å². The van der Waals surface area contributed by atoms with Crippen molar-refractivity contribution in [3.63, 3.8) is 0 Å². The Labute approximate surface area is 273 Å². The van der Waals surface area contributed by atoms with Crippen LogP contribution >= 0.6 is 19.5 Å². The summed E-state index contributed by atoms with van der Waals surface area (Å²) in [5.74, 6) is -0.999. The number of hydrogen-bond acceptors (Lipinski definition) is 11. The van der Waals surface area contributed by atoms with Gasteiger partial charge in [0.2, 0.25) is 0 Å². The van der Waals surface area contributed by atoms with Gasteiger partial charge in [0.15, 0.2) is 5.13 Å². The number of nitrogen functional groups attached to an aromatic ring is 1. The molecule has 3 heterocycles. The van der Waals surface area contributed by atoms with Crippen LogP contribution in [0.4, 0.5) is 14.3 Å². The summed E-state index contributed by atoms with van der Waals surface area (Å²) in [6.07, 6.45) is -0.571. The standard InChI is InChI=1S/C30H33FN7O7PS/c1-35(30(41)33-14-19-5-9-21(31)10-6-19)37-17-26(39)38-23(13-18-7-11-22(12-8-18)45-46(42,43)44)28(40)36(16-25(37)38)15-20-3-2-4-24-27(20)34-29(32)47-24/h2-12,23,25,42-44,46H,13-17H2,1H3,(H2,32,34)(H,33,41)/t23-,25-/m1/s1. The van der Waals surface area contributed by atoms with E-state index in [2.05, 4.69) is 10.3 Å². The molecule has 0 radical (unpaired) electrons. The van der Waals surface area contributed by atoms with E-state index in [1.807, 2.05) is 18.2 Å². The van der Waals surface area contributed by atoms with Crippen molar-refractivity contribution in [2.45, 2.75) is 31.7 Å². The van der Waals surface area contributed by atoms with Gasteiger partial charge in [-0.1, -0.05) is 29.5 Å². The number of thiazole rings is 1. The zero-order chi connectivity index (χ0) is 33.5. The molecule has 248 valence electrons. The number of carbonyl (C=O) groups is 3. The van der Waals surface area contributed by atoms with E-state index in [0.717, 1.165) is 10.3 Å². The zero-order valence-corrected chi connectivity index (χ0v) is 26.9. The Morgan fingerprint density at radius 3 is 2.51 bits per heavy atom. The molecule has 14 nitrogen and oxygen atoms in total. The number of benzene rings is 3. The van der Waals surface area contributed by atoms with Crippen LogP contribution in [0.2, 0.25) is 0 Å². The minimum absolute atomic E-state index is 0.0229. The number of aromatic nitrogens is 1. The third-order valence-corrected chi connectivity index (χ3v) is 9.45. The number of hydrazine groups is 1. The Morgan fingerprint density at radius 1 is 1.11 bits per heavy atom. The molecule has 2 atom stereocenters. The normalized spacial score (nSPS) is 18.8. The third-order valence-electron chi connectivity index (χ3n) is 8.09. The third kappa shape index (κ3) is 7.12. The Kier molecular flexibility index (Phi) is 8.98. The molecule has 2 aliphatic rings. The van der Waals surface area contributed by atoms with Crippen LogP contribution in [0.15, 0.2) is 66.7 Å². The number of carbonyl (C=O) groups excluding carboxylic acids is 3. The number of nitrogens with two attached hydrogens (primary N) is 1. The molecule has 0 spiro atoms. The summed E-state index contributed by atoms with van der Waals surface area (Å²) in [7, 11) is -3.26. The number of para-hydroxylation sites is 1. The molecule has 4 aromatic rings. The second-order valence-electron chi connectivity index (χ2n) is 11.3. The molecule has 0 aliphatic carbocycles. The molecule has 0 bridgehead atoms. The second-order valence-corrected chi connectivity index (χ2v) is 13.7. The van der Waals surface area contributed by atoms with Gasteiger partial charge in [0.1, 0.15) is 5.82 Å². The first kappa shape index (κ1) is 32.5. The van der Waals surface area contributed by atoms with E-state index < -0.39 is 26.4 Å². The van der Waals surface area contributed by atoms with E-state index in [1.54, 1.807) is 34.2 Å². The Morgan fingerprint density at radius 2 is 1.81 bits per heavy atom. The summed E-state index contributed by atoms with van der Waals surface area (Å²) in [5, 5.41) is 6.12. The number of amides is 4. The Balaban J connectivity index is 1.27. The summed E-state index contributed by atoms with van der Waals surface area (Å²) in [4.78, 5) is 76.4. The average molecular weight is 686 g/mol. The number of urea groups is 1. The molecule has 6 N–H and O–H groups in total. The van der Waals surface area contributed by atoms with Crippen LogP contribution in [0, 0.1) is 5.82 Å². The van der Waals surface area contributed by atoms with Crippen molar-refractivity contribution in [1.29, 1.82) is 0 Å². The molecule has 0 unspecified atom stereocenters. The van der Waals surface area contributed by atoms with Crippen molar-refractivity contribution in [1.82, 2.24) is 30.1 Å². The SMILES string of the molecule is CN(C(=O)NCc1ccc(F)cc1)N1CC(=O)N2[C@H](Cc3ccc(O[PH](O)(O)O)cc3)C(=O)N(Cc3cccc4sc(N)nc34)C[C@@H]21. The summed E-state index contributed by atoms with van der Waals surface area (Å²) >= 11 is 1.34. The summed E-state index contributed by atoms with van der Waals surface area (Å²) < 4.78 is 19.0. The molecule has 47 heavy (non-hydrogen) atoms. The summed E-state index contributed by atoms with van der Waals surface area (Å²) in [5.41, 5.74) is 8.78. The molecular weight excluding hydrogens is 652 g/mol. The van der Waals surface area contributed by atoms with Gasteiger partial charge in [-0.2, -0.15) is 0 Å². The van der Waals surface area contributed by atoms with Gasteiger partial charge >= 0.3 is 173 Å². The van der Waals surface area contributed by atoms with Crippen LogP contribution in [0.5, 0.6) is 5.75 Å². The molecule has 2 saturated heterocycles. The first-order valence-electron chi connectivity index (χ1n) is 14.6. The van der Waals surface area contributed by atoms with Gasteiger partial charge in [-0.3, -0.25) is 0 Å². The molecule has 2 aliphatic heterocycles. The summed E-state index contributed by atoms with van der Waals surface area (Å²) in [6.45, 7) is 0.283. The van der Waals surface area contributed by atoms with Crippen LogP contribution in [0.3, 0.4) is 0 Å². The van der Waals surface area contributed by atoms with Crippen LogP contribution in [-0.4, -0.2) is 89.7 Å². The van der Waals surface area contributed by atoms with Gasteiger partial charge in [-0.05, 0) is 23.8 Å². The van der Waals surface area contributed by atoms with Crippen molar-refractivity contribution in [3.05, 3.63) is 89.2 Å². The van der Waals surface area contributed by atoms with E-state index in [0.29, 0.717) is 21.8 Å². The molecule has 4 amide bonds. The maximum atomic E-state index is 14.1. The van der Waals surface area contributed by atoms with Crippen molar-refractivity contribution in [2.75, 3.05) is 25.9 Å². The van der Waals surface area contributed by atoms with Gasteiger partial charge in [0.25, 0.3) is 0 Å². The second kappa shape index (κ2) is 13.0. The van der Waals surface area contributed by atoms with Crippen molar-refractivity contribution in [2.24, 2.45) is 0 Å². The van der Waals surface area contributed by atoms with Crippen molar-refractivity contribution in [3.8, 4) is 5.75 Å². The van der Waals surface area contributed by atoms with Crippen molar-refractivity contribution < 1.29 is 38.0 Å². The number of nitrogens with zero attached hydrogens (tertiary/aromatic N) is 5. The number of fused-ring (bicyclic) bond motifs is 2. The molecule has 17 heteroatoms. The average Bonchev–Trinajstić information content (AvgIpc) is 3.57. The minimum atomic E-state index is -4.80. The number of halogens is 1. The van der Waals surface area contributed by atoms with E-state index in [9.17, 15) is 33.5 Å². The predicted molar refractivity (Wildman–Crippen MR) is 173 cm³/mol. The molecule has 2 fully saturated rings. The van der Waals surface area contributed by atoms with E-state index in [1.165, 1.54) is 52.6 Å². The predicted octanol–water partition coefficient (Wildman–Crippen LogP) is 1.96. The fourth-order valence-electron chi connectivity index (χ4n) is 5.89. The van der Waals surface area contributed by atoms with Crippen LogP contribution in [0.25, 0.3) is 10.2 Å². The van der Waals surface area contributed by atoms with Gasteiger partial charge in [-0.25, -0.2) is 14.2 Å². The van der Waals surface area contributed by atoms with Crippen LogP contribution < -0.4 is 15.6 Å². The number of piperazine rings is 1. The zero-order valence-electron chi connectivity index (χ0n) is 25.1.